The van der Waals surface area contributed by atoms with E-state index in [1.165, 1.54) is 6.07 Å². The third-order valence-corrected chi connectivity index (χ3v) is 3.25. The lowest BCUT2D eigenvalue weighted by molar-refractivity contribution is 0.619. The third-order valence-electron chi connectivity index (χ3n) is 1.82. The Morgan fingerprint density at radius 3 is 2.93 bits per heavy atom. The van der Waals surface area contributed by atoms with E-state index in [-0.39, 0.29) is 5.82 Å². The summed E-state index contributed by atoms with van der Waals surface area (Å²) in [5, 5.41) is 2.93. The summed E-state index contributed by atoms with van der Waals surface area (Å²) in [6, 6.07) is 5.15. The van der Waals surface area contributed by atoms with Crippen LogP contribution in [0.2, 0.25) is 0 Å². The molecule has 0 saturated carbocycles. The van der Waals surface area contributed by atoms with Gasteiger partial charge < -0.3 is 0 Å². The van der Waals surface area contributed by atoms with Crippen molar-refractivity contribution < 1.29 is 4.39 Å². The highest BCUT2D eigenvalue weighted by Gasteiger charge is 2.02. The molecule has 4 heteroatoms. The number of hydrogen-bond donors (Lipinski definition) is 0. The van der Waals surface area contributed by atoms with Gasteiger partial charge in [0.1, 0.15) is 5.82 Å². The van der Waals surface area contributed by atoms with Gasteiger partial charge >= 0.3 is 0 Å². The molecule has 0 N–H and O–H groups in total. The van der Waals surface area contributed by atoms with Crippen LogP contribution >= 0.6 is 27.3 Å². The first-order valence-corrected chi connectivity index (χ1v) is 5.75. The molecular formula is C10H7BrFNS. The summed E-state index contributed by atoms with van der Waals surface area (Å²) in [4.78, 5) is 4.15. The van der Waals surface area contributed by atoms with Crippen molar-refractivity contribution in [2.45, 2.75) is 6.42 Å². The molecule has 1 aromatic carbocycles. The largest absolute Gasteiger partial charge is 0.249 e. The number of thiazole rings is 1. The highest BCUT2D eigenvalue weighted by Crippen LogP contribution is 2.19. The van der Waals surface area contributed by atoms with Gasteiger partial charge in [0.15, 0.2) is 0 Å². The minimum absolute atomic E-state index is 0.223. The van der Waals surface area contributed by atoms with Crippen LogP contribution in [0.15, 0.2) is 34.2 Å². The Balaban J connectivity index is 2.22. The summed E-state index contributed by atoms with van der Waals surface area (Å²) in [5.74, 6) is -0.223. The van der Waals surface area contributed by atoms with Crippen LogP contribution in [0.5, 0.6) is 0 Å². The Labute approximate surface area is 93.7 Å². The smallest absolute Gasteiger partial charge is 0.137 e. The highest BCUT2D eigenvalue weighted by atomic mass is 79.9. The van der Waals surface area contributed by atoms with Crippen molar-refractivity contribution in [2.24, 2.45) is 0 Å². The van der Waals surface area contributed by atoms with Crippen molar-refractivity contribution in [2.75, 3.05) is 0 Å². The normalized spacial score (nSPS) is 10.4. The summed E-state index contributed by atoms with van der Waals surface area (Å²) in [5.41, 5.74) is 0.945. The van der Waals surface area contributed by atoms with E-state index in [2.05, 4.69) is 20.9 Å². The minimum Gasteiger partial charge on any atom is -0.249 e. The Kier molecular flexibility index (Phi) is 2.93. The van der Waals surface area contributed by atoms with Crippen LogP contribution in [0, 0.1) is 5.82 Å². The maximum absolute atomic E-state index is 13.1. The van der Waals surface area contributed by atoms with Gasteiger partial charge in [0.25, 0.3) is 0 Å². The van der Waals surface area contributed by atoms with Crippen molar-refractivity contribution in [1.29, 1.82) is 0 Å². The van der Waals surface area contributed by atoms with Crippen LogP contribution in [0.25, 0.3) is 0 Å². The zero-order valence-corrected chi connectivity index (χ0v) is 9.61. The summed E-state index contributed by atoms with van der Waals surface area (Å²) >= 11 is 4.70. The predicted molar refractivity (Wildman–Crippen MR) is 59.0 cm³/mol. The highest BCUT2D eigenvalue weighted by molar-refractivity contribution is 9.10. The molecule has 0 radical (unpaired) electrons. The second-order valence-electron chi connectivity index (χ2n) is 2.85. The van der Waals surface area contributed by atoms with Crippen LogP contribution in [0.1, 0.15) is 10.6 Å². The third kappa shape index (κ3) is 2.19. The molecule has 0 fully saturated rings. The number of halogens is 2. The monoisotopic (exact) mass is 271 g/mol. The molecule has 2 aromatic rings. The standard InChI is InChI=1S/C10H7BrFNS/c11-8-2-1-7(5-9(8)12)6-10-13-3-4-14-10/h1-5H,6H2. The molecule has 0 aliphatic carbocycles. The van der Waals surface area contributed by atoms with E-state index >= 15 is 0 Å². The zero-order valence-electron chi connectivity index (χ0n) is 7.21. The summed E-state index contributed by atoms with van der Waals surface area (Å²) in [7, 11) is 0. The lowest BCUT2D eigenvalue weighted by Crippen LogP contribution is -1.88. The average molecular weight is 272 g/mol. The molecule has 0 saturated heterocycles. The van der Waals surface area contributed by atoms with E-state index in [0.29, 0.717) is 10.9 Å². The molecule has 2 rings (SSSR count). The van der Waals surface area contributed by atoms with E-state index in [1.807, 2.05) is 11.4 Å². The first-order valence-electron chi connectivity index (χ1n) is 4.08. The maximum atomic E-state index is 13.1. The molecular weight excluding hydrogens is 265 g/mol. The first kappa shape index (κ1) is 9.80. The van der Waals surface area contributed by atoms with Gasteiger partial charge in [0.2, 0.25) is 0 Å². The van der Waals surface area contributed by atoms with Gasteiger partial charge in [0.05, 0.1) is 9.48 Å². The Bertz CT molecular complexity index is 428. The van der Waals surface area contributed by atoms with E-state index in [4.69, 9.17) is 0 Å². The average Bonchev–Trinajstić information content (AvgIpc) is 2.64. The van der Waals surface area contributed by atoms with Crippen molar-refractivity contribution >= 4 is 27.3 Å². The van der Waals surface area contributed by atoms with Crippen LogP contribution in [-0.4, -0.2) is 4.98 Å². The van der Waals surface area contributed by atoms with Gasteiger partial charge in [-0.2, -0.15) is 0 Å². The molecule has 0 aliphatic heterocycles. The van der Waals surface area contributed by atoms with Crippen LogP contribution in [-0.2, 0) is 6.42 Å². The SMILES string of the molecule is Fc1cc(Cc2nccs2)ccc1Br. The summed E-state index contributed by atoms with van der Waals surface area (Å²) in [6.07, 6.45) is 2.46. The van der Waals surface area contributed by atoms with Crippen molar-refractivity contribution in [3.05, 3.63) is 50.6 Å². The predicted octanol–water partition coefficient (Wildman–Crippen LogP) is 3.64. The molecule has 0 atom stereocenters. The number of benzene rings is 1. The Morgan fingerprint density at radius 1 is 1.43 bits per heavy atom. The number of nitrogens with zero attached hydrogens (tertiary/aromatic N) is 1. The van der Waals surface area contributed by atoms with Crippen molar-refractivity contribution in [3.8, 4) is 0 Å². The topological polar surface area (TPSA) is 12.9 Å². The molecule has 0 aliphatic rings. The number of rotatable bonds is 2. The van der Waals surface area contributed by atoms with E-state index in [9.17, 15) is 4.39 Å². The fraction of sp³-hybridized carbons (Fsp3) is 0.100. The van der Waals surface area contributed by atoms with E-state index in [0.717, 1.165) is 10.6 Å². The Morgan fingerprint density at radius 2 is 2.29 bits per heavy atom. The first-order chi connectivity index (χ1) is 6.75. The van der Waals surface area contributed by atoms with Gasteiger partial charge in [-0.3, -0.25) is 0 Å². The second-order valence-corrected chi connectivity index (χ2v) is 4.68. The van der Waals surface area contributed by atoms with Gasteiger partial charge in [-0.25, -0.2) is 9.37 Å². The van der Waals surface area contributed by atoms with Crippen LogP contribution < -0.4 is 0 Å². The molecule has 0 bridgehead atoms. The molecule has 14 heavy (non-hydrogen) atoms. The number of hydrogen-bond acceptors (Lipinski definition) is 2. The van der Waals surface area contributed by atoms with Gasteiger partial charge in [-0.1, -0.05) is 6.07 Å². The van der Waals surface area contributed by atoms with Gasteiger partial charge in [0, 0.05) is 18.0 Å². The second kappa shape index (κ2) is 4.19. The van der Waals surface area contributed by atoms with Crippen molar-refractivity contribution in [3.63, 3.8) is 0 Å². The van der Waals surface area contributed by atoms with E-state index in [1.54, 1.807) is 23.6 Å². The van der Waals surface area contributed by atoms with Gasteiger partial charge in [-0.05, 0) is 33.6 Å². The molecule has 1 aromatic heterocycles. The van der Waals surface area contributed by atoms with Gasteiger partial charge in [-0.15, -0.1) is 11.3 Å². The minimum atomic E-state index is -0.223. The van der Waals surface area contributed by atoms with Crippen LogP contribution in [0.3, 0.4) is 0 Å². The molecule has 1 heterocycles. The van der Waals surface area contributed by atoms with Crippen LogP contribution in [0.4, 0.5) is 4.39 Å². The Hall–Kier alpha value is -0.740. The summed E-state index contributed by atoms with van der Waals surface area (Å²) < 4.78 is 13.6. The maximum Gasteiger partial charge on any atom is 0.137 e. The quantitative estimate of drug-likeness (QED) is 0.813. The molecule has 0 unspecified atom stereocenters. The fourth-order valence-corrected chi connectivity index (χ4v) is 2.06. The van der Waals surface area contributed by atoms with E-state index < -0.39 is 0 Å². The van der Waals surface area contributed by atoms with Crippen molar-refractivity contribution in [1.82, 2.24) is 4.98 Å². The molecule has 0 amide bonds. The molecule has 0 spiro atoms. The molecule has 72 valence electrons. The lowest BCUT2D eigenvalue weighted by atomic mass is 10.1. The lowest BCUT2D eigenvalue weighted by Gasteiger charge is -1.99. The zero-order chi connectivity index (χ0) is 9.97. The fourth-order valence-electron chi connectivity index (χ4n) is 1.16. The summed E-state index contributed by atoms with van der Waals surface area (Å²) in [6.45, 7) is 0. The number of aromatic nitrogens is 1. The molecule has 1 nitrogen and oxygen atoms in total.